The normalized spacial score (nSPS) is 31.7. The molecule has 0 radical (unpaired) electrons. The molecule has 13 heavy (non-hydrogen) atoms. The maximum atomic E-state index is 11.5. The van der Waals surface area contributed by atoms with E-state index in [-0.39, 0.29) is 5.91 Å². The molecule has 0 spiro atoms. The Bertz CT molecular complexity index is 357. The molecule has 1 aliphatic heterocycles. The summed E-state index contributed by atoms with van der Waals surface area (Å²) < 4.78 is 0. The number of hydrazone groups is 1. The third kappa shape index (κ3) is 1.11. The highest BCUT2D eigenvalue weighted by molar-refractivity contribution is 6.70. The quantitative estimate of drug-likeness (QED) is 0.628. The molecule has 1 aliphatic carbocycles. The van der Waals surface area contributed by atoms with Gasteiger partial charge in [0.1, 0.15) is 0 Å². The minimum absolute atomic E-state index is 0.0903. The first kappa shape index (κ1) is 8.51. The lowest BCUT2D eigenvalue weighted by molar-refractivity contribution is -0.128. The highest BCUT2D eigenvalue weighted by atomic mass is 35.5. The first-order valence-electron chi connectivity index (χ1n) is 4.06. The smallest absolute Gasteiger partial charge is 0.250 e. The van der Waals surface area contributed by atoms with Crippen LogP contribution in [0.1, 0.15) is 13.3 Å². The van der Waals surface area contributed by atoms with Gasteiger partial charge in [-0.2, -0.15) is 5.10 Å². The van der Waals surface area contributed by atoms with E-state index >= 15 is 0 Å². The van der Waals surface area contributed by atoms with Crippen LogP contribution >= 0.6 is 11.6 Å². The van der Waals surface area contributed by atoms with Crippen LogP contribution in [0.3, 0.4) is 0 Å². The fraction of sp³-hybridized carbons (Fsp3) is 0.333. The van der Waals surface area contributed by atoms with Crippen molar-refractivity contribution < 1.29 is 4.79 Å². The largest absolute Gasteiger partial charge is 0.272 e. The number of rotatable bonds is 0. The van der Waals surface area contributed by atoms with Crippen LogP contribution in [0.25, 0.3) is 0 Å². The third-order valence-electron chi connectivity index (χ3n) is 2.50. The van der Waals surface area contributed by atoms with Crippen molar-refractivity contribution in [3.63, 3.8) is 0 Å². The van der Waals surface area contributed by atoms with Crippen molar-refractivity contribution in [2.45, 2.75) is 13.3 Å². The molecule has 1 heterocycles. The van der Waals surface area contributed by atoms with Crippen LogP contribution in [0.4, 0.5) is 0 Å². The molecule has 68 valence electrons. The molecule has 2 aliphatic rings. The lowest BCUT2D eigenvalue weighted by atomic mass is 9.75. The average Bonchev–Trinajstić information content (AvgIpc) is 2.12. The number of nitrogens with zero attached hydrogens (tertiary/aromatic N) is 1. The molecule has 0 fully saturated rings. The fourth-order valence-corrected chi connectivity index (χ4v) is 1.87. The zero-order chi connectivity index (χ0) is 9.47. The topological polar surface area (TPSA) is 41.5 Å². The van der Waals surface area contributed by atoms with Crippen molar-refractivity contribution in [3.05, 3.63) is 23.8 Å². The van der Waals surface area contributed by atoms with E-state index in [9.17, 15) is 4.79 Å². The van der Waals surface area contributed by atoms with Gasteiger partial charge in [0.15, 0.2) is 5.17 Å². The predicted molar refractivity (Wildman–Crippen MR) is 51.4 cm³/mol. The third-order valence-corrected chi connectivity index (χ3v) is 2.79. The van der Waals surface area contributed by atoms with Crippen molar-refractivity contribution in [2.75, 3.05) is 0 Å². The number of fused-ring (bicyclic) bond motifs is 1. The highest BCUT2D eigenvalue weighted by Crippen LogP contribution is 2.38. The Morgan fingerprint density at radius 3 is 3.15 bits per heavy atom. The SMILES string of the molecule is CC12CC=CC=C1C(Cl)=NNC2=O. The minimum Gasteiger partial charge on any atom is -0.272 e. The van der Waals surface area contributed by atoms with Gasteiger partial charge < -0.3 is 0 Å². The number of hydrogen-bond donors (Lipinski definition) is 1. The Hall–Kier alpha value is -1.09. The van der Waals surface area contributed by atoms with Crippen LogP contribution in [-0.2, 0) is 4.79 Å². The van der Waals surface area contributed by atoms with Crippen molar-refractivity contribution in [1.82, 2.24) is 5.43 Å². The fourth-order valence-electron chi connectivity index (χ4n) is 1.56. The van der Waals surface area contributed by atoms with Gasteiger partial charge in [0.25, 0.3) is 5.91 Å². The molecule has 3 nitrogen and oxygen atoms in total. The summed E-state index contributed by atoms with van der Waals surface area (Å²) in [5, 5.41) is 4.10. The number of carbonyl (C=O) groups excluding carboxylic acids is 1. The van der Waals surface area contributed by atoms with Gasteiger partial charge in [-0.3, -0.25) is 4.79 Å². The summed E-state index contributed by atoms with van der Waals surface area (Å²) in [6, 6.07) is 0. The Morgan fingerprint density at radius 1 is 1.69 bits per heavy atom. The maximum Gasteiger partial charge on any atom is 0.250 e. The van der Waals surface area contributed by atoms with Crippen molar-refractivity contribution in [2.24, 2.45) is 10.5 Å². The Balaban J connectivity index is 2.54. The number of carbonyl (C=O) groups is 1. The molecular weight excluding hydrogens is 188 g/mol. The van der Waals surface area contributed by atoms with Gasteiger partial charge in [-0.05, 0) is 13.3 Å². The molecule has 0 saturated heterocycles. The molecule has 0 aromatic rings. The minimum atomic E-state index is -0.534. The zero-order valence-corrected chi connectivity index (χ0v) is 7.93. The maximum absolute atomic E-state index is 11.5. The summed E-state index contributed by atoms with van der Waals surface area (Å²) in [6.07, 6.45) is 6.37. The summed E-state index contributed by atoms with van der Waals surface area (Å²) in [5.74, 6) is -0.0903. The lowest BCUT2D eigenvalue weighted by Crippen LogP contribution is -2.44. The van der Waals surface area contributed by atoms with E-state index in [0.717, 1.165) is 5.57 Å². The number of amides is 1. The molecule has 0 saturated carbocycles. The second-order valence-corrected chi connectivity index (χ2v) is 3.75. The van der Waals surface area contributed by atoms with E-state index in [1.54, 1.807) is 0 Å². The number of halogens is 1. The molecule has 1 atom stereocenters. The molecule has 0 aromatic carbocycles. The molecule has 0 aromatic heterocycles. The Labute approximate surface area is 81.1 Å². The van der Waals surface area contributed by atoms with Crippen LogP contribution in [0.5, 0.6) is 0 Å². The van der Waals surface area contributed by atoms with Crippen molar-refractivity contribution >= 4 is 22.7 Å². The van der Waals surface area contributed by atoms with Crippen LogP contribution in [0.2, 0.25) is 0 Å². The van der Waals surface area contributed by atoms with E-state index in [1.807, 2.05) is 25.2 Å². The average molecular weight is 197 g/mol. The standard InChI is InChI=1S/C9H9ClN2O/c1-9-5-3-2-4-6(9)7(10)11-12-8(9)13/h2-4H,5H2,1H3,(H,12,13). The first-order valence-corrected chi connectivity index (χ1v) is 4.44. The second-order valence-electron chi connectivity index (χ2n) is 3.39. The molecule has 1 unspecified atom stereocenters. The number of nitrogens with one attached hydrogen (secondary N) is 1. The lowest BCUT2D eigenvalue weighted by Gasteiger charge is -2.33. The molecule has 2 rings (SSSR count). The van der Waals surface area contributed by atoms with Crippen LogP contribution in [-0.4, -0.2) is 11.1 Å². The molecule has 1 N–H and O–H groups in total. The van der Waals surface area contributed by atoms with E-state index in [2.05, 4.69) is 10.5 Å². The molecule has 4 heteroatoms. The first-order chi connectivity index (χ1) is 6.14. The Kier molecular flexibility index (Phi) is 1.77. The number of hydrogen-bond acceptors (Lipinski definition) is 2. The van der Waals surface area contributed by atoms with Crippen LogP contribution in [0, 0.1) is 5.41 Å². The summed E-state index contributed by atoms with van der Waals surface area (Å²) in [7, 11) is 0. The second kappa shape index (κ2) is 2.70. The van der Waals surface area contributed by atoms with E-state index in [4.69, 9.17) is 11.6 Å². The highest BCUT2D eigenvalue weighted by Gasteiger charge is 2.41. The zero-order valence-electron chi connectivity index (χ0n) is 7.17. The predicted octanol–water partition coefficient (Wildman–Crippen LogP) is 1.56. The van der Waals surface area contributed by atoms with E-state index in [0.29, 0.717) is 11.6 Å². The number of allylic oxidation sites excluding steroid dienone is 3. The molecular formula is C9H9ClN2O. The van der Waals surface area contributed by atoms with Gasteiger partial charge in [0.2, 0.25) is 0 Å². The van der Waals surface area contributed by atoms with Crippen LogP contribution in [0.15, 0.2) is 28.9 Å². The Morgan fingerprint density at radius 2 is 2.46 bits per heavy atom. The van der Waals surface area contributed by atoms with Gasteiger partial charge in [-0.1, -0.05) is 29.8 Å². The van der Waals surface area contributed by atoms with Crippen LogP contribution < -0.4 is 5.43 Å². The summed E-state index contributed by atoms with van der Waals surface area (Å²) >= 11 is 5.88. The molecule has 1 amide bonds. The van der Waals surface area contributed by atoms with Gasteiger partial charge in [0.05, 0.1) is 5.41 Å². The molecule has 0 bridgehead atoms. The summed E-state index contributed by atoms with van der Waals surface area (Å²) in [4.78, 5) is 11.5. The van der Waals surface area contributed by atoms with Gasteiger partial charge in [-0.25, -0.2) is 5.43 Å². The summed E-state index contributed by atoms with van der Waals surface area (Å²) in [5.41, 5.74) is 2.69. The van der Waals surface area contributed by atoms with Crippen molar-refractivity contribution in [3.8, 4) is 0 Å². The summed E-state index contributed by atoms with van der Waals surface area (Å²) in [6.45, 7) is 1.87. The van der Waals surface area contributed by atoms with Gasteiger partial charge in [0, 0.05) is 5.57 Å². The van der Waals surface area contributed by atoms with E-state index < -0.39 is 5.41 Å². The monoisotopic (exact) mass is 196 g/mol. The van der Waals surface area contributed by atoms with Gasteiger partial charge >= 0.3 is 0 Å². The van der Waals surface area contributed by atoms with E-state index in [1.165, 1.54) is 0 Å². The van der Waals surface area contributed by atoms with Gasteiger partial charge in [-0.15, -0.1) is 0 Å². The van der Waals surface area contributed by atoms with Crippen molar-refractivity contribution in [1.29, 1.82) is 0 Å².